The lowest BCUT2D eigenvalue weighted by molar-refractivity contribution is 1.10. The monoisotopic (exact) mass is 296 g/mol. The molecular formula is C21H16N2. The van der Waals surface area contributed by atoms with Crippen molar-refractivity contribution in [2.45, 2.75) is 0 Å². The number of nitrogens with zero attached hydrogens (tertiary/aromatic N) is 2. The van der Waals surface area contributed by atoms with Crippen LogP contribution < -0.4 is 0 Å². The predicted molar refractivity (Wildman–Crippen MR) is 96.6 cm³/mol. The zero-order valence-electron chi connectivity index (χ0n) is 12.7. The van der Waals surface area contributed by atoms with E-state index in [1.165, 1.54) is 0 Å². The fourth-order valence-electron chi connectivity index (χ4n) is 2.83. The van der Waals surface area contributed by atoms with Crippen LogP contribution in [-0.4, -0.2) is 9.55 Å². The molecule has 1 heterocycles. The minimum Gasteiger partial charge on any atom is -0.292 e. The summed E-state index contributed by atoms with van der Waals surface area (Å²) < 4.78 is 2.21. The number of fused-ring (bicyclic) bond motifs is 1. The van der Waals surface area contributed by atoms with Gasteiger partial charge in [0.25, 0.3) is 0 Å². The highest BCUT2D eigenvalue weighted by atomic mass is 15.1. The lowest BCUT2D eigenvalue weighted by atomic mass is 10.2. The Labute approximate surface area is 135 Å². The molecule has 4 aromatic rings. The first-order chi connectivity index (χ1) is 11.4. The van der Waals surface area contributed by atoms with Crippen LogP contribution in [0, 0.1) is 0 Å². The van der Waals surface area contributed by atoms with E-state index in [-0.39, 0.29) is 0 Å². The topological polar surface area (TPSA) is 17.8 Å². The van der Waals surface area contributed by atoms with E-state index in [1.54, 1.807) is 0 Å². The molecule has 110 valence electrons. The Kier molecular flexibility index (Phi) is 3.28. The standard InChI is InChI=1S/C21H16N2/c1-2-16-12-14-18(15-13-16)23-20-11-7-6-10-19(20)22-21(23)17-8-4-3-5-9-17/h2-15H,1H2. The van der Waals surface area contributed by atoms with Crippen LogP contribution in [-0.2, 0) is 0 Å². The highest BCUT2D eigenvalue weighted by Gasteiger charge is 2.13. The number of benzene rings is 3. The molecule has 2 nitrogen and oxygen atoms in total. The fourth-order valence-corrected chi connectivity index (χ4v) is 2.83. The minimum absolute atomic E-state index is 0.957. The van der Waals surface area contributed by atoms with Crippen molar-refractivity contribution in [3.63, 3.8) is 0 Å². The van der Waals surface area contributed by atoms with Crippen molar-refractivity contribution in [1.82, 2.24) is 9.55 Å². The van der Waals surface area contributed by atoms with Gasteiger partial charge in [-0.3, -0.25) is 4.57 Å². The maximum Gasteiger partial charge on any atom is 0.145 e. The normalized spacial score (nSPS) is 10.8. The Hall–Kier alpha value is -3.13. The Morgan fingerprint density at radius 3 is 2.22 bits per heavy atom. The van der Waals surface area contributed by atoms with Gasteiger partial charge in [-0.1, -0.05) is 67.3 Å². The summed E-state index contributed by atoms with van der Waals surface area (Å²) in [7, 11) is 0. The Morgan fingerprint density at radius 2 is 1.48 bits per heavy atom. The van der Waals surface area contributed by atoms with Gasteiger partial charge in [0.2, 0.25) is 0 Å². The highest BCUT2D eigenvalue weighted by Crippen LogP contribution is 2.28. The van der Waals surface area contributed by atoms with Crippen molar-refractivity contribution in [2.24, 2.45) is 0 Å². The van der Waals surface area contributed by atoms with Crippen LogP contribution in [0.25, 0.3) is 34.2 Å². The summed E-state index contributed by atoms with van der Waals surface area (Å²) in [5.74, 6) is 0.957. The molecule has 4 rings (SSSR count). The van der Waals surface area contributed by atoms with Crippen molar-refractivity contribution in [1.29, 1.82) is 0 Å². The summed E-state index contributed by atoms with van der Waals surface area (Å²) in [6.07, 6.45) is 1.86. The van der Waals surface area contributed by atoms with E-state index in [4.69, 9.17) is 4.98 Å². The summed E-state index contributed by atoms with van der Waals surface area (Å²) in [4.78, 5) is 4.84. The summed E-state index contributed by atoms with van der Waals surface area (Å²) in [5.41, 5.74) is 5.43. The summed E-state index contributed by atoms with van der Waals surface area (Å²) >= 11 is 0. The SMILES string of the molecule is C=Cc1ccc(-n2c(-c3ccccc3)nc3ccccc32)cc1. The molecule has 0 bridgehead atoms. The van der Waals surface area contributed by atoms with Gasteiger partial charge in [0, 0.05) is 11.3 Å². The second-order valence-electron chi connectivity index (χ2n) is 5.42. The average Bonchev–Trinajstić information content (AvgIpc) is 3.02. The van der Waals surface area contributed by atoms with E-state index in [2.05, 4.69) is 59.7 Å². The number of para-hydroxylation sites is 2. The molecule has 23 heavy (non-hydrogen) atoms. The second-order valence-corrected chi connectivity index (χ2v) is 5.42. The van der Waals surface area contributed by atoms with Crippen LogP contribution in [0.2, 0.25) is 0 Å². The van der Waals surface area contributed by atoms with Gasteiger partial charge in [-0.2, -0.15) is 0 Å². The van der Waals surface area contributed by atoms with E-state index in [0.717, 1.165) is 33.7 Å². The predicted octanol–water partition coefficient (Wildman–Crippen LogP) is 5.34. The summed E-state index contributed by atoms with van der Waals surface area (Å²) in [6.45, 7) is 3.82. The second kappa shape index (κ2) is 5.58. The maximum atomic E-state index is 4.84. The molecule has 1 aromatic heterocycles. The maximum absolute atomic E-state index is 4.84. The van der Waals surface area contributed by atoms with E-state index in [1.807, 2.05) is 36.4 Å². The molecule has 0 unspecified atom stereocenters. The van der Waals surface area contributed by atoms with Gasteiger partial charge in [0.15, 0.2) is 0 Å². The van der Waals surface area contributed by atoms with Gasteiger partial charge in [0.1, 0.15) is 5.82 Å². The molecule has 0 amide bonds. The first kappa shape index (κ1) is 13.5. The van der Waals surface area contributed by atoms with Crippen LogP contribution in [0.3, 0.4) is 0 Å². The van der Waals surface area contributed by atoms with Crippen molar-refractivity contribution >= 4 is 17.1 Å². The largest absolute Gasteiger partial charge is 0.292 e. The molecule has 0 spiro atoms. The molecule has 0 radical (unpaired) electrons. The number of hydrogen-bond donors (Lipinski definition) is 0. The van der Waals surface area contributed by atoms with Gasteiger partial charge >= 0.3 is 0 Å². The lowest BCUT2D eigenvalue weighted by Crippen LogP contribution is -1.97. The third kappa shape index (κ3) is 2.34. The van der Waals surface area contributed by atoms with E-state index >= 15 is 0 Å². The smallest absolute Gasteiger partial charge is 0.145 e. The van der Waals surface area contributed by atoms with Crippen LogP contribution >= 0.6 is 0 Å². The Morgan fingerprint density at radius 1 is 0.783 bits per heavy atom. The van der Waals surface area contributed by atoms with Crippen molar-refractivity contribution < 1.29 is 0 Å². The first-order valence-corrected chi connectivity index (χ1v) is 7.62. The number of imidazole rings is 1. The Bertz CT molecular complexity index is 964. The molecule has 0 aliphatic rings. The molecule has 3 aromatic carbocycles. The minimum atomic E-state index is 0.957. The lowest BCUT2D eigenvalue weighted by Gasteiger charge is -2.10. The van der Waals surface area contributed by atoms with Crippen LogP contribution in [0.5, 0.6) is 0 Å². The molecule has 0 atom stereocenters. The number of aromatic nitrogens is 2. The molecule has 0 N–H and O–H groups in total. The zero-order valence-corrected chi connectivity index (χ0v) is 12.7. The van der Waals surface area contributed by atoms with Gasteiger partial charge < -0.3 is 0 Å². The molecular weight excluding hydrogens is 280 g/mol. The summed E-state index contributed by atoms with van der Waals surface area (Å²) in [6, 6.07) is 26.9. The van der Waals surface area contributed by atoms with Gasteiger partial charge in [-0.25, -0.2) is 4.98 Å². The molecule has 0 aliphatic carbocycles. The number of rotatable bonds is 3. The zero-order chi connectivity index (χ0) is 15.6. The molecule has 0 fully saturated rings. The van der Waals surface area contributed by atoms with E-state index in [0.29, 0.717) is 0 Å². The fraction of sp³-hybridized carbons (Fsp3) is 0. The van der Waals surface area contributed by atoms with E-state index < -0.39 is 0 Å². The van der Waals surface area contributed by atoms with E-state index in [9.17, 15) is 0 Å². The average molecular weight is 296 g/mol. The Balaban J connectivity index is 2.01. The van der Waals surface area contributed by atoms with Crippen LogP contribution in [0.4, 0.5) is 0 Å². The van der Waals surface area contributed by atoms with Gasteiger partial charge in [-0.05, 0) is 29.8 Å². The summed E-state index contributed by atoms with van der Waals surface area (Å²) in [5, 5.41) is 0. The van der Waals surface area contributed by atoms with Crippen LogP contribution in [0.15, 0.2) is 85.4 Å². The van der Waals surface area contributed by atoms with Gasteiger partial charge in [-0.15, -0.1) is 0 Å². The quantitative estimate of drug-likeness (QED) is 0.499. The van der Waals surface area contributed by atoms with Crippen molar-refractivity contribution in [3.8, 4) is 17.1 Å². The third-order valence-corrected chi connectivity index (χ3v) is 3.98. The molecule has 2 heteroatoms. The first-order valence-electron chi connectivity index (χ1n) is 7.62. The van der Waals surface area contributed by atoms with Crippen LogP contribution in [0.1, 0.15) is 5.56 Å². The number of hydrogen-bond acceptors (Lipinski definition) is 1. The van der Waals surface area contributed by atoms with Crippen molar-refractivity contribution in [2.75, 3.05) is 0 Å². The molecule has 0 saturated carbocycles. The third-order valence-electron chi connectivity index (χ3n) is 3.98. The molecule has 0 saturated heterocycles. The highest BCUT2D eigenvalue weighted by molar-refractivity contribution is 5.83. The molecule has 0 aliphatic heterocycles. The van der Waals surface area contributed by atoms with Crippen molar-refractivity contribution in [3.05, 3.63) is 91.0 Å². The van der Waals surface area contributed by atoms with Gasteiger partial charge in [0.05, 0.1) is 11.0 Å².